The van der Waals surface area contributed by atoms with E-state index < -0.39 is 0 Å². The lowest BCUT2D eigenvalue weighted by molar-refractivity contribution is 0.343. The fraction of sp³-hybridized carbons (Fsp3) is 0.417. The van der Waals surface area contributed by atoms with Crippen LogP contribution in [0.4, 0.5) is 0 Å². The molecule has 2 nitrogen and oxygen atoms in total. The van der Waals surface area contributed by atoms with Gasteiger partial charge >= 0.3 is 0 Å². The van der Waals surface area contributed by atoms with Gasteiger partial charge < -0.3 is 4.74 Å². The normalized spacial score (nSPS) is 10.9. The number of rotatable bonds is 3. The van der Waals surface area contributed by atoms with Crippen LogP contribution in [0, 0.1) is 6.92 Å². The number of thiazole rings is 1. The third-order valence-corrected chi connectivity index (χ3v) is 3.25. The van der Waals surface area contributed by atoms with Gasteiger partial charge in [-0.1, -0.05) is 6.92 Å². The molecule has 0 aliphatic carbocycles. The summed E-state index contributed by atoms with van der Waals surface area (Å²) in [6.45, 7) is 6.89. The molecule has 0 bridgehead atoms. The minimum Gasteiger partial charge on any atom is -0.492 e. The molecule has 0 radical (unpaired) electrons. The molecule has 0 unspecified atom stereocenters. The number of aromatic nitrogens is 1. The molecule has 2 aromatic rings. The van der Waals surface area contributed by atoms with E-state index >= 15 is 0 Å². The third-order valence-electron chi connectivity index (χ3n) is 2.33. The fourth-order valence-corrected chi connectivity index (χ4v) is 2.54. The zero-order valence-electron chi connectivity index (χ0n) is 9.33. The topological polar surface area (TPSA) is 22.1 Å². The molecule has 0 spiro atoms. The highest BCUT2D eigenvalue weighted by atomic mass is 32.1. The van der Waals surface area contributed by atoms with Crippen molar-refractivity contribution in [1.82, 2.24) is 4.98 Å². The second-order valence-corrected chi connectivity index (χ2v) is 4.69. The first kappa shape index (κ1) is 10.4. The summed E-state index contributed by atoms with van der Waals surface area (Å²) in [7, 11) is 0. The number of ether oxygens (including phenoxy) is 1. The number of fused-ring (bicyclic) bond motifs is 1. The lowest BCUT2D eigenvalue weighted by atomic mass is 10.1. The van der Waals surface area contributed by atoms with Crippen LogP contribution in [0.25, 0.3) is 10.2 Å². The van der Waals surface area contributed by atoms with E-state index in [0.29, 0.717) is 6.61 Å². The monoisotopic (exact) mass is 221 g/mol. The van der Waals surface area contributed by atoms with E-state index in [9.17, 15) is 0 Å². The highest BCUT2D eigenvalue weighted by Gasteiger charge is 2.08. The summed E-state index contributed by atoms with van der Waals surface area (Å²) in [6.07, 6.45) is 1.03. The largest absolute Gasteiger partial charge is 0.492 e. The highest BCUT2D eigenvalue weighted by molar-refractivity contribution is 7.18. The van der Waals surface area contributed by atoms with Crippen molar-refractivity contribution in [3.05, 3.63) is 22.7 Å². The van der Waals surface area contributed by atoms with Crippen LogP contribution in [0.1, 0.15) is 24.4 Å². The molecular weight excluding hydrogens is 206 g/mol. The Bertz CT molecular complexity index is 476. The summed E-state index contributed by atoms with van der Waals surface area (Å²) < 4.78 is 6.85. The Hall–Kier alpha value is -1.09. The van der Waals surface area contributed by atoms with Gasteiger partial charge in [-0.3, -0.25) is 0 Å². The summed E-state index contributed by atoms with van der Waals surface area (Å²) >= 11 is 1.73. The predicted molar refractivity (Wildman–Crippen MR) is 64.9 cm³/mol. The van der Waals surface area contributed by atoms with Gasteiger partial charge in [0.05, 0.1) is 16.3 Å². The van der Waals surface area contributed by atoms with Crippen molar-refractivity contribution in [3.8, 4) is 5.75 Å². The van der Waals surface area contributed by atoms with Gasteiger partial charge in [-0.25, -0.2) is 4.98 Å². The molecule has 0 saturated heterocycles. The van der Waals surface area contributed by atoms with Gasteiger partial charge in [0, 0.05) is 0 Å². The minimum absolute atomic E-state index is 0.693. The molecule has 1 aromatic carbocycles. The Morgan fingerprint density at radius 3 is 2.80 bits per heavy atom. The second-order valence-electron chi connectivity index (χ2n) is 3.46. The molecule has 0 saturated carbocycles. The molecule has 0 fully saturated rings. The number of nitrogens with zero attached hydrogens (tertiary/aromatic N) is 1. The average molecular weight is 221 g/mol. The average Bonchev–Trinajstić information content (AvgIpc) is 2.58. The Labute approximate surface area is 93.9 Å². The summed E-state index contributed by atoms with van der Waals surface area (Å²) in [5, 5.41) is 1.10. The van der Waals surface area contributed by atoms with Gasteiger partial charge in [0.25, 0.3) is 0 Å². The van der Waals surface area contributed by atoms with E-state index in [2.05, 4.69) is 24.0 Å². The van der Waals surface area contributed by atoms with Crippen LogP contribution in [0.2, 0.25) is 0 Å². The van der Waals surface area contributed by atoms with E-state index in [1.54, 1.807) is 11.3 Å². The smallest absolute Gasteiger partial charge is 0.146 e. The van der Waals surface area contributed by atoms with Crippen LogP contribution in [0.3, 0.4) is 0 Å². The van der Waals surface area contributed by atoms with Crippen molar-refractivity contribution in [2.24, 2.45) is 0 Å². The zero-order chi connectivity index (χ0) is 10.8. The summed E-state index contributed by atoms with van der Waals surface area (Å²) in [6, 6.07) is 4.31. The number of hydrogen-bond acceptors (Lipinski definition) is 3. The summed E-state index contributed by atoms with van der Waals surface area (Å²) in [5.74, 6) is 0.927. The van der Waals surface area contributed by atoms with Gasteiger partial charge in [0.15, 0.2) is 0 Å². The Morgan fingerprint density at radius 2 is 2.13 bits per heavy atom. The van der Waals surface area contributed by atoms with Crippen molar-refractivity contribution >= 4 is 21.6 Å². The fourth-order valence-electron chi connectivity index (χ4n) is 1.63. The Balaban J connectivity index is 2.62. The molecule has 0 aliphatic rings. The van der Waals surface area contributed by atoms with Gasteiger partial charge in [0.1, 0.15) is 11.3 Å². The molecule has 3 heteroatoms. The number of hydrogen-bond donors (Lipinski definition) is 0. The summed E-state index contributed by atoms with van der Waals surface area (Å²) in [5.41, 5.74) is 2.33. The molecule has 2 rings (SSSR count). The maximum atomic E-state index is 5.62. The molecular formula is C12H15NOS. The molecule has 1 heterocycles. The quantitative estimate of drug-likeness (QED) is 0.790. The van der Waals surface area contributed by atoms with Gasteiger partial charge in [-0.2, -0.15) is 0 Å². The van der Waals surface area contributed by atoms with E-state index in [1.165, 1.54) is 10.3 Å². The lowest BCUT2D eigenvalue weighted by Gasteiger charge is -2.05. The first-order valence-corrected chi connectivity index (χ1v) is 6.09. The van der Waals surface area contributed by atoms with Crippen molar-refractivity contribution in [2.75, 3.05) is 6.61 Å². The van der Waals surface area contributed by atoms with Crippen molar-refractivity contribution < 1.29 is 4.74 Å². The van der Waals surface area contributed by atoms with Crippen LogP contribution in [0.5, 0.6) is 5.75 Å². The Morgan fingerprint density at radius 1 is 1.33 bits per heavy atom. The van der Waals surface area contributed by atoms with E-state index in [0.717, 1.165) is 22.7 Å². The first-order chi connectivity index (χ1) is 7.24. The number of benzene rings is 1. The molecule has 1 aromatic heterocycles. The highest BCUT2D eigenvalue weighted by Crippen LogP contribution is 2.31. The van der Waals surface area contributed by atoms with Gasteiger partial charge in [0.2, 0.25) is 0 Å². The van der Waals surface area contributed by atoms with Crippen LogP contribution < -0.4 is 4.74 Å². The first-order valence-electron chi connectivity index (χ1n) is 5.27. The van der Waals surface area contributed by atoms with Crippen LogP contribution in [-0.2, 0) is 6.42 Å². The molecule has 0 amide bonds. The van der Waals surface area contributed by atoms with E-state index in [4.69, 9.17) is 4.74 Å². The van der Waals surface area contributed by atoms with Gasteiger partial charge in [-0.15, -0.1) is 11.3 Å². The van der Waals surface area contributed by atoms with Crippen molar-refractivity contribution in [1.29, 1.82) is 0 Å². The molecule has 0 N–H and O–H groups in total. The SMILES string of the molecule is CCOc1cc(CC)cc2sc(C)nc12. The molecule has 15 heavy (non-hydrogen) atoms. The van der Waals surface area contributed by atoms with Crippen LogP contribution in [-0.4, -0.2) is 11.6 Å². The van der Waals surface area contributed by atoms with Crippen molar-refractivity contribution in [3.63, 3.8) is 0 Å². The summed E-state index contributed by atoms with van der Waals surface area (Å²) in [4.78, 5) is 4.50. The predicted octanol–water partition coefficient (Wildman–Crippen LogP) is 3.57. The maximum Gasteiger partial charge on any atom is 0.146 e. The zero-order valence-corrected chi connectivity index (χ0v) is 10.1. The number of aryl methyl sites for hydroxylation is 2. The van der Waals surface area contributed by atoms with Crippen LogP contribution >= 0.6 is 11.3 Å². The third kappa shape index (κ3) is 1.97. The van der Waals surface area contributed by atoms with Crippen LogP contribution in [0.15, 0.2) is 12.1 Å². The Kier molecular flexibility index (Phi) is 2.91. The van der Waals surface area contributed by atoms with Crippen molar-refractivity contribution in [2.45, 2.75) is 27.2 Å². The van der Waals surface area contributed by atoms with Gasteiger partial charge in [-0.05, 0) is 38.0 Å². The minimum atomic E-state index is 0.693. The standard InChI is InChI=1S/C12H15NOS/c1-4-9-6-10(14-5-2)12-11(7-9)15-8(3)13-12/h6-7H,4-5H2,1-3H3. The van der Waals surface area contributed by atoms with E-state index in [-0.39, 0.29) is 0 Å². The maximum absolute atomic E-state index is 5.62. The molecule has 80 valence electrons. The molecule has 0 atom stereocenters. The second kappa shape index (κ2) is 4.19. The molecule has 0 aliphatic heterocycles. The lowest BCUT2D eigenvalue weighted by Crippen LogP contribution is -1.93. The van der Waals surface area contributed by atoms with E-state index in [1.807, 2.05) is 13.8 Å².